The maximum Gasteiger partial charge on any atom is 0.113 e. The molecular weight excluding hydrogens is 143 g/mol. The van der Waals surface area contributed by atoms with E-state index in [0.717, 1.165) is 5.69 Å². The minimum Gasteiger partial charge on any atom is -0.285 e. The normalized spacial score (nSPS) is 46.3. The van der Waals surface area contributed by atoms with Crippen molar-refractivity contribution in [2.24, 2.45) is 0 Å². The Morgan fingerprint density at radius 3 is 2.64 bits per heavy atom. The molecule has 0 atom stereocenters. The largest absolute Gasteiger partial charge is 0.285 e. The molecule has 0 spiro atoms. The minimum atomic E-state index is -0.807. The second-order valence-electron chi connectivity index (χ2n) is 3.92. The number of hydrogen-bond donors (Lipinski definition) is 1. The highest BCUT2D eigenvalue weighted by atomic mass is 19.1. The molecule has 3 heteroatoms. The summed E-state index contributed by atoms with van der Waals surface area (Å²) in [6, 6.07) is 1.96. The van der Waals surface area contributed by atoms with Gasteiger partial charge in [0.1, 0.15) is 5.67 Å². The Kier molecular flexibility index (Phi) is 0.708. The van der Waals surface area contributed by atoms with Crippen molar-refractivity contribution >= 4 is 0 Å². The van der Waals surface area contributed by atoms with E-state index in [4.69, 9.17) is 0 Å². The van der Waals surface area contributed by atoms with Crippen molar-refractivity contribution in [3.63, 3.8) is 0 Å². The lowest BCUT2D eigenvalue weighted by Crippen LogP contribution is -2.67. The third kappa shape index (κ3) is 0.513. The number of nitrogens with one attached hydrogen (secondary N) is 1. The van der Waals surface area contributed by atoms with Gasteiger partial charge in [-0.05, 0) is 25.3 Å². The molecule has 1 aromatic rings. The van der Waals surface area contributed by atoms with Gasteiger partial charge in [0.15, 0.2) is 0 Å². The van der Waals surface area contributed by atoms with E-state index in [2.05, 4.69) is 10.2 Å². The average Bonchev–Trinajstić information content (AvgIpc) is 2.28. The van der Waals surface area contributed by atoms with Crippen molar-refractivity contribution in [3.05, 3.63) is 18.0 Å². The Bertz CT molecular complexity index is 271. The SMILES string of the molecule is FC12CC(c3cc[nH]n3)(C1)C2. The number of hydrogen-bond acceptors (Lipinski definition) is 1. The van der Waals surface area contributed by atoms with E-state index in [1.54, 1.807) is 6.20 Å². The first kappa shape index (κ1) is 5.75. The number of rotatable bonds is 1. The highest BCUT2D eigenvalue weighted by molar-refractivity contribution is 5.35. The van der Waals surface area contributed by atoms with Gasteiger partial charge in [-0.1, -0.05) is 0 Å². The first-order valence-electron chi connectivity index (χ1n) is 3.92. The van der Waals surface area contributed by atoms with Crippen LogP contribution in [-0.4, -0.2) is 15.9 Å². The maximum absolute atomic E-state index is 13.1. The zero-order valence-electron chi connectivity index (χ0n) is 6.10. The summed E-state index contributed by atoms with van der Waals surface area (Å²) in [6.07, 6.45) is 3.90. The van der Waals surface area contributed by atoms with Crippen molar-refractivity contribution in [3.8, 4) is 0 Å². The molecule has 4 rings (SSSR count). The van der Waals surface area contributed by atoms with Crippen molar-refractivity contribution in [1.82, 2.24) is 10.2 Å². The van der Waals surface area contributed by atoms with Gasteiger partial charge in [-0.15, -0.1) is 0 Å². The van der Waals surface area contributed by atoms with Crippen molar-refractivity contribution in [2.75, 3.05) is 0 Å². The van der Waals surface area contributed by atoms with Crippen LogP contribution >= 0.6 is 0 Å². The fourth-order valence-electron chi connectivity index (χ4n) is 2.49. The quantitative estimate of drug-likeness (QED) is 0.649. The molecule has 2 nitrogen and oxygen atoms in total. The lowest BCUT2D eigenvalue weighted by molar-refractivity contribution is -0.160. The lowest BCUT2D eigenvalue weighted by Gasteiger charge is -2.65. The van der Waals surface area contributed by atoms with E-state index in [1.165, 1.54) is 0 Å². The smallest absolute Gasteiger partial charge is 0.113 e. The molecule has 3 aliphatic rings. The van der Waals surface area contributed by atoms with E-state index in [9.17, 15) is 4.39 Å². The summed E-state index contributed by atoms with van der Waals surface area (Å²) in [5, 5.41) is 6.86. The zero-order chi connectivity index (χ0) is 7.53. The number of aromatic amines is 1. The van der Waals surface area contributed by atoms with Crippen LogP contribution in [0.2, 0.25) is 0 Å². The van der Waals surface area contributed by atoms with E-state index < -0.39 is 5.67 Å². The van der Waals surface area contributed by atoms with E-state index in [1.807, 2.05) is 6.07 Å². The van der Waals surface area contributed by atoms with Crippen molar-refractivity contribution < 1.29 is 4.39 Å². The molecule has 0 saturated heterocycles. The lowest BCUT2D eigenvalue weighted by atomic mass is 9.41. The highest BCUT2D eigenvalue weighted by Crippen LogP contribution is 2.69. The molecule has 3 aliphatic carbocycles. The predicted octanol–water partition coefficient (Wildman–Crippen LogP) is 1.55. The average molecular weight is 152 g/mol. The van der Waals surface area contributed by atoms with Gasteiger partial charge in [-0.2, -0.15) is 5.10 Å². The monoisotopic (exact) mass is 152 g/mol. The topological polar surface area (TPSA) is 28.7 Å². The van der Waals surface area contributed by atoms with Gasteiger partial charge in [0, 0.05) is 11.6 Å². The summed E-state index contributed by atoms with van der Waals surface area (Å²) in [6.45, 7) is 0. The Balaban J connectivity index is 1.94. The molecule has 1 aromatic heterocycles. The number of nitrogens with zero attached hydrogens (tertiary/aromatic N) is 1. The summed E-state index contributed by atoms with van der Waals surface area (Å²) in [4.78, 5) is 0. The van der Waals surface area contributed by atoms with E-state index in [-0.39, 0.29) is 5.41 Å². The minimum absolute atomic E-state index is 0.134. The van der Waals surface area contributed by atoms with Crippen LogP contribution in [0.1, 0.15) is 25.0 Å². The Morgan fingerprint density at radius 1 is 1.45 bits per heavy atom. The van der Waals surface area contributed by atoms with E-state index in [0.29, 0.717) is 19.3 Å². The maximum atomic E-state index is 13.1. The fraction of sp³-hybridized carbons (Fsp3) is 0.625. The van der Waals surface area contributed by atoms with Crippen LogP contribution in [0.15, 0.2) is 12.3 Å². The molecule has 1 heterocycles. The van der Waals surface area contributed by atoms with Gasteiger partial charge < -0.3 is 0 Å². The second kappa shape index (κ2) is 1.36. The number of alkyl halides is 1. The molecule has 11 heavy (non-hydrogen) atoms. The summed E-state index contributed by atoms with van der Waals surface area (Å²) in [5.41, 5.74) is 0.380. The molecule has 1 N–H and O–H groups in total. The molecule has 0 aromatic carbocycles. The predicted molar refractivity (Wildman–Crippen MR) is 38.0 cm³/mol. The Hall–Kier alpha value is -0.860. The molecule has 0 amide bonds. The van der Waals surface area contributed by atoms with Gasteiger partial charge >= 0.3 is 0 Å². The Morgan fingerprint density at radius 2 is 2.18 bits per heavy atom. The Labute approximate surface area is 63.8 Å². The molecule has 0 aliphatic heterocycles. The molecule has 3 fully saturated rings. The van der Waals surface area contributed by atoms with Gasteiger partial charge in [0.2, 0.25) is 0 Å². The highest BCUT2D eigenvalue weighted by Gasteiger charge is 2.70. The number of H-pyrrole nitrogens is 1. The second-order valence-corrected chi connectivity index (χ2v) is 3.92. The first-order chi connectivity index (χ1) is 5.23. The summed E-state index contributed by atoms with van der Waals surface area (Å²) in [7, 11) is 0. The van der Waals surface area contributed by atoms with E-state index >= 15 is 0 Å². The molecular formula is C8H9FN2. The molecule has 0 radical (unpaired) electrons. The van der Waals surface area contributed by atoms with Crippen LogP contribution in [0.25, 0.3) is 0 Å². The molecule has 0 unspecified atom stereocenters. The third-order valence-electron chi connectivity index (χ3n) is 3.01. The number of aromatic nitrogens is 2. The fourth-order valence-corrected chi connectivity index (χ4v) is 2.49. The zero-order valence-corrected chi connectivity index (χ0v) is 6.10. The first-order valence-corrected chi connectivity index (χ1v) is 3.92. The summed E-state index contributed by atoms with van der Waals surface area (Å²) in [5.74, 6) is 0. The summed E-state index contributed by atoms with van der Waals surface area (Å²) < 4.78 is 13.1. The molecule has 58 valence electrons. The van der Waals surface area contributed by atoms with Crippen LogP contribution in [0.3, 0.4) is 0 Å². The van der Waals surface area contributed by atoms with Crippen LogP contribution in [0.5, 0.6) is 0 Å². The molecule has 2 bridgehead atoms. The summed E-state index contributed by atoms with van der Waals surface area (Å²) >= 11 is 0. The van der Waals surface area contributed by atoms with Crippen LogP contribution < -0.4 is 0 Å². The third-order valence-corrected chi connectivity index (χ3v) is 3.01. The van der Waals surface area contributed by atoms with Crippen molar-refractivity contribution in [2.45, 2.75) is 30.3 Å². The van der Waals surface area contributed by atoms with Gasteiger partial charge in [0.25, 0.3) is 0 Å². The van der Waals surface area contributed by atoms with Crippen LogP contribution in [-0.2, 0) is 5.41 Å². The molecule has 3 saturated carbocycles. The van der Waals surface area contributed by atoms with Crippen LogP contribution in [0.4, 0.5) is 4.39 Å². The van der Waals surface area contributed by atoms with Crippen molar-refractivity contribution in [1.29, 1.82) is 0 Å². The van der Waals surface area contributed by atoms with Gasteiger partial charge in [-0.25, -0.2) is 4.39 Å². The van der Waals surface area contributed by atoms with Gasteiger partial charge in [-0.3, -0.25) is 5.10 Å². The standard InChI is InChI=1S/C8H9FN2/c9-8-3-7(4-8,5-8)6-1-2-10-11-6/h1-2H,3-5H2,(H,10,11). The van der Waals surface area contributed by atoms with Gasteiger partial charge in [0.05, 0.1) is 5.69 Å². The van der Waals surface area contributed by atoms with Crippen LogP contribution in [0, 0.1) is 0 Å². The number of halogens is 1.